The number of nitrogen functional groups attached to an aromatic ring is 1. The maximum Gasteiger partial charge on any atom is 0.123 e. The average molecular weight is 194 g/mol. The fraction of sp³-hybridized carbons (Fsp3) is 0.545. The van der Waals surface area contributed by atoms with Gasteiger partial charge in [-0.05, 0) is 31.9 Å². The monoisotopic (exact) mass is 194 g/mol. The molecule has 0 bridgehead atoms. The highest BCUT2D eigenvalue weighted by atomic mass is 16.5. The summed E-state index contributed by atoms with van der Waals surface area (Å²) >= 11 is 0. The summed E-state index contributed by atoms with van der Waals surface area (Å²) in [7, 11) is 0. The maximum absolute atomic E-state index is 5.72. The second kappa shape index (κ2) is 4.42. The molecule has 0 aromatic carbocycles. The van der Waals surface area contributed by atoms with Crippen LogP contribution in [0.15, 0.2) is 18.3 Å². The molecule has 0 fully saturated rings. The first-order valence-corrected chi connectivity index (χ1v) is 4.88. The Morgan fingerprint density at radius 1 is 1.43 bits per heavy atom. The molecule has 1 aromatic heterocycles. The molecule has 1 heterocycles. The van der Waals surface area contributed by atoms with Crippen LogP contribution >= 0.6 is 0 Å². The summed E-state index contributed by atoms with van der Waals surface area (Å²) in [5.74, 6) is 0.545. The van der Waals surface area contributed by atoms with Gasteiger partial charge in [0.25, 0.3) is 0 Å². The Morgan fingerprint density at radius 3 is 2.64 bits per heavy atom. The van der Waals surface area contributed by atoms with Crippen LogP contribution in [0.2, 0.25) is 0 Å². The summed E-state index contributed by atoms with van der Waals surface area (Å²) in [6.07, 6.45) is 2.75. The van der Waals surface area contributed by atoms with Crippen molar-refractivity contribution in [1.82, 2.24) is 4.98 Å². The molecule has 78 valence electrons. The molecule has 3 nitrogen and oxygen atoms in total. The summed E-state index contributed by atoms with van der Waals surface area (Å²) in [6, 6.07) is 3.73. The average Bonchev–Trinajstić information content (AvgIpc) is 2.17. The summed E-state index contributed by atoms with van der Waals surface area (Å²) in [5, 5.41) is 0. The van der Waals surface area contributed by atoms with E-state index in [1.807, 2.05) is 6.07 Å². The molecule has 0 amide bonds. The molecule has 14 heavy (non-hydrogen) atoms. The van der Waals surface area contributed by atoms with E-state index in [0.717, 1.165) is 12.0 Å². The summed E-state index contributed by atoms with van der Waals surface area (Å²) in [4.78, 5) is 4.00. The summed E-state index contributed by atoms with van der Waals surface area (Å²) in [6.45, 7) is 6.87. The van der Waals surface area contributed by atoms with Gasteiger partial charge in [-0.25, -0.2) is 4.98 Å². The van der Waals surface area contributed by atoms with Crippen LogP contribution in [0.5, 0.6) is 0 Å². The molecule has 2 N–H and O–H groups in total. The fourth-order valence-electron chi connectivity index (χ4n) is 0.902. The SMILES string of the molecule is CCC(C)(C)OCc1ccc(N)nc1. The van der Waals surface area contributed by atoms with Crippen LogP contribution in [-0.2, 0) is 11.3 Å². The zero-order valence-electron chi connectivity index (χ0n) is 9.08. The first-order chi connectivity index (χ1) is 6.53. The number of pyridine rings is 1. The Balaban J connectivity index is 2.50. The van der Waals surface area contributed by atoms with Gasteiger partial charge in [-0.1, -0.05) is 13.0 Å². The normalized spacial score (nSPS) is 11.6. The third-order valence-electron chi connectivity index (χ3n) is 2.33. The van der Waals surface area contributed by atoms with Crippen LogP contribution in [0, 0.1) is 0 Å². The number of anilines is 1. The molecule has 1 rings (SSSR count). The predicted octanol–water partition coefficient (Wildman–Crippen LogP) is 2.37. The van der Waals surface area contributed by atoms with Gasteiger partial charge in [-0.2, -0.15) is 0 Å². The highest BCUT2D eigenvalue weighted by Crippen LogP contribution is 2.16. The number of aromatic nitrogens is 1. The largest absolute Gasteiger partial charge is 0.384 e. The van der Waals surface area contributed by atoms with E-state index in [0.29, 0.717) is 12.4 Å². The van der Waals surface area contributed by atoms with Crippen LogP contribution in [-0.4, -0.2) is 10.6 Å². The second-order valence-electron chi connectivity index (χ2n) is 3.99. The highest BCUT2D eigenvalue weighted by molar-refractivity contribution is 5.28. The molecule has 0 saturated carbocycles. The molecule has 0 atom stereocenters. The minimum atomic E-state index is -0.0681. The lowest BCUT2D eigenvalue weighted by Gasteiger charge is -2.23. The van der Waals surface area contributed by atoms with Gasteiger partial charge in [0.15, 0.2) is 0 Å². The van der Waals surface area contributed by atoms with E-state index in [1.54, 1.807) is 12.3 Å². The van der Waals surface area contributed by atoms with Crippen molar-refractivity contribution in [2.75, 3.05) is 5.73 Å². The molecule has 0 aliphatic carbocycles. The van der Waals surface area contributed by atoms with E-state index in [2.05, 4.69) is 25.8 Å². The molecule has 0 spiro atoms. The number of rotatable bonds is 4. The molecule has 3 heteroatoms. The van der Waals surface area contributed by atoms with Gasteiger partial charge in [0.1, 0.15) is 5.82 Å². The van der Waals surface area contributed by atoms with E-state index in [-0.39, 0.29) is 5.60 Å². The van der Waals surface area contributed by atoms with Crippen LogP contribution in [0.4, 0.5) is 5.82 Å². The van der Waals surface area contributed by atoms with E-state index in [9.17, 15) is 0 Å². The topological polar surface area (TPSA) is 48.1 Å². The van der Waals surface area contributed by atoms with Crippen molar-refractivity contribution in [1.29, 1.82) is 0 Å². The van der Waals surface area contributed by atoms with Crippen molar-refractivity contribution in [3.05, 3.63) is 23.9 Å². The molecule has 0 saturated heterocycles. The van der Waals surface area contributed by atoms with Crippen molar-refractivity contribution >= 4 is 5.82 Å². The van der Waals surface area contributed by atoms with Crippen molar-refractivity contribution in [2.45, 2.75) is 39.4 Å². The van der Waals surface area contributed by atoms with Crippen LogP contribution in [0.1, 0.15) is 32.8 Å². The van der Waals surface area contributed by atoms with E-state index in [4.69, 9.17) is 10.5 Å². The summed E-state index contributed by atoms with van der Waals surface area (Å²) < 4.78 is 5.72. The van der Waals surface area contributed by atoms with Crippen molar-refractivity contribution < 1.29 is 4.74 Å². The van der Waals surface area contributed by atoms with Gasteiger partial charge in [0.05, 0.1) is 12.2 Å². The molecular formula is C11H18N2O. The van der Waals surface area contributed by atoms with Crippen LogP contribution in [0.3, 0.4) is 0 Å². The molecular weight excluding hydrogens is 176 g/mol. The lowest BCUT2D eigenvalue weighted by molar-refractivity contribution is -0.0317. The minimum absolute atomic E-state index is 0.0681. The smallest absolute Gasteiger partial charge is 0.123 e. The second-order valence-corrected chi connectivity index (χ2v) is 3.99. The van der Waals surface area contributed by atoms with E-state index in [1.165, 1.54) is 0 Å². The highest BCUT2D eigenvalue weighted by Gasteiger charge is 2.14. The van der Waals surface area contributed by atoms with Crippen molar-refractivity contribution in [3.63, 3.8) is 0 Å². The first-order valence-electron chi connectivity index (χ1n) is 4.88. The minimum Gasteiger partial charge on any atom is -0.384 e. The zero-order valence-corrected chi connectivity index (χ0v) is 9.08. The maximum atomic E-state index is 5.72. The van der Waals surface area contributed by atoms with Gasteiger partial charge in [0.2, 0.25) is 0 Å². The standard InChI is InChI=1S/C11H18N2O/c1-4-11(2,3)14-8-9-5-6-10(12)13-7-9/h5-7H,4,8H2,1-3H3,(H2,12,13). The molecule has 0 unspecified atom stereocenters. The Hall–Kier alpha value is -1.09. The van der Waals surface area contributed by atoms with Crippen molar-refractivity contribution in [3.8, 4) is 0 Å². The van der Waals surface area contributed by atoms with Crippen LogP contribution in [0.25, 0.3) is 0 Å². The first kappa shape index (κ1) is 11.0. The Kier molecular flexibility index (Phi) is 3.47. The quantitative estimate of drug-likeness (QED) is 0.800. The number of nitrogens with zero attached hydrogens (tertiary/aromatic N) is 1. The summed E-state index contributed by atoms with van der Waals surface area (Å²) in [5.41, 5.74) is 6.47. The number of ether oxygens (including phenoxy) is 1. The zero-order chi connectivity index (χ0) is 10.6. The molecule has 0 aliphatic rings. The number of nitrogens with two attached hydrogens (primary N) is 1. The van der Waals surface area contributed by atoms with Gasteiger partial charge < -0.3 is 10.5 Å². The molecule has 0 radical (unpaired) electrons. The Labute approximate surface area is 85.3 Å². The van der Waals surface area contributed by atoms with Gasteiger partial charge in [-0.15, -0.1) is 0 Å². The number of hydrogen-bond acceptors (Lipinski definition) is 3. The van der Waals surface area contributed by atoms with Gasteiger partial charge in [0, 0.05) is 6.20 Å². The van der Waals surface area contributed by atoms with Gasteiger partial charge >= 0.3 is 0 Å². The molecule has 0 aliphatic heterocycles. The van der Waals surface area contributed by atoms with Gasteiger partial charge in [-0.3, -0.25) is 0 Å². The van der Waals surface area contributed by atoms with E-state index < -0.39 is 0 Å². The Bertz CT molecular complexity index is 280. The lowest BCUT2D eigenvalue weighted by atomic mass is 10.1. The predicted molar refractivity (Wildman–Crippen MR) is 57.8 cm³/mol. The van der Waals surface area contributed by atoms with E-state index >= 15 is 0 Å². The lowest BCUT2D eigenvalue weighted by Crippen LogP contribution is -2.22. The fourth-order valence-corrected chi connectivity index (χ4v) is 0.902. The number of hydrogen-bond donors (Lipinski definition) is 1. The van der Waals surface area contributed by atoms with Crippen molar-refractivity contribution in [2.24, 2.45) is 0 Å². The third-order valence-corrected chi connectivity index (χ3v) is 2.33. The third kappa shape index (κ3) is 3.34. The Morgan fingerprint density at radius 2 is 2.14 bits per heavy atom. The molecule has 1 aromatic rings. The van der Waals surface area contributed by atoms with Crippen LogP contribution < -0.4 is 5.73 Å².